The van der Waals surface area contributed by atoms with Crippen LogP contribution < -0.4 is 4.90 Å². The van der Waals surface area contributed by atoms with Gasteiger partial charge in [-0.2, -0.15) is 13.2 Å². The number of carbonyl (C=O) groups excluding carboxylic acids is 1. The number of rotatable bonds is 4. The average Bonchev–Trinajstić information content (AvgIpc) is 3.40. The molecule has 3 saturated heterocycles. The van der Waals surface area contributed by atoms with Crippen LogP contribution in [0.25, 0.3) is 10.2 Å². The molecule has 2 atom stereocenters. The summed E-state index contributed by atoms with van der Waals surface area (Å²) in [5, 5.41) is 0.735. The van der Waals surface area contributed by atoms with E-state index in [1.165, 1.54) is 6.33 Å². The largest absolute Gasteiger partial charge is 0.444 e. The molecule has 3 aliphatic rings. The number of thiophene rings is 1. The molecule has 5 rings (SSSR count). The molecule has 0 unspecified atom stereocenters. The molecule has 0 aliphatic carbocycles. The van der Waals surface area contributed by atoms with Gasteiger partial charge in [-0.05, 0) is 70.4 Å². The minimum absolute atomic E-state index is 0.215. The Bertz CT molecular complexity index is 1110. The van der Waals surface area contributed by atoms with E-state index in [4.69, 9.17) is 4.74 Å². The van der Waals surface area contributed by atoms with Gasteiger partial charge < -0.3 is 19.4 Å². The van der Waals surface area contributed by atoms with Crippen LogP contribution in [0.15, 0.2) is 12.4 Å². The van der Waals surface area contributed by atoms with E-state index in [1.807, 2.05) is 25.7 Å². The van der Waals surface area contributed by atoms with E-state index in [1.54, 1.807) is 6.07 Å². The third-order valence-corrected chi connectivity index (χ3v) is 8.74. The smallest absolute Gasteiger partial charge is 0.410 e. The summed E-state index contributed by atoms with van der Waals surface area (Å²) in [5.41, 5.74) is -0.472. The maximum atomic E-state index is 12.9. The Kier molecular flexibility index (Phi) is 7.30. The number of aromatic nitrogens is 2. The molecule has 2 aromatic rings. The van der Waals surface area contributed by atoms with Gasteiger partial charge in [-0.3, -0.25) is 0 Å². The Balaban J connectivity index is 1.15. The second-order valence-corrected chi connectivity index (χ2v) is 12.9. The van der Waals surface area contributed by atoms with E-state index in [2.05, 4.69) is 19.8 Å². The predicted octanol–water partition coefficient (Wildman–Crippen LogP) is 5.20. The van der Waals surface area contributed by atoms with Gasteiger partial charge in [0.15, 0.2) is 0 Å². The van der Waals surface area contributed by atoms with Crippen molar-refractivity contribution >= 4 is 33.5 Å². The highest BCUT2D eigenvalue weighted by atomic mass is 32.1. The number of ether oxygens (including phenoxy) is 1. The number of alkyl halides is 3. The molecule has 37 heavy (non-hydrogen) atoms. The van der Waals surface area contributed by atoms with Crippen molar-refractivity contribution in [2.45, 2.75) is 58.2 Å². The molecule has 0 spiro atoms. The number of fused-ring (bicyclic) bond motifs is 2. The highest BCUT2D eigenvalue weighted by Crippen LogP contribution is 2.39. The van der Waals surface area contributed by atoms with E-state index in [9.17, 15) is 18.0 Å². The first kappa shape index (κ1) is 26.5. The second kappa shape index (κ2) is 10.2. The summed E-state index contributed by atoms with van der Waals surface area (Å²) in [5.74, 6) is 2.44. The Morgan fingerprint density at radius 3 is 2.49 bits per heavy atom. The van der Waals surface area contributed by atoms with Crippen molar-refractivity contribution in [3.05, 3.63) is 17.3 Å². The van der Waals surface area contributed by atoms with Crippen LogP contribution in [-0.4, -0.2) is 83.5 Å². The first-order valence-electron chi connectivity index (χ1n) is 13.2. The molecule has 0 saturated carbocycles. The minimum Gasteiger partial charge on any atom is -0.444 e. The summed E-state index contributed by atoms with van der Waals surface area (Å²) in [6, 6.07) is 1.63. The first-order chi connectivity index (χ1) is 17.4. The number of hydrogen-bond donors (Lipinski definition) is 0. The van der Waals surface area contributed by atoms with E-state index >= 15 is 0 Å². The lowest BCUT2D eigenvalue weighted by molar-refractivity contribution is -0.126. The van der Waals surface area contributed by atoms with E-state index < -0.39 is 18.2 Å². The standard InChI is InChI=1S/C26H36F3N5O2S/c1-25(2,3)36-24(35)33-8-4-17(5-9-33)12-32-7-6-18-14-34(15-19(18)13-32)22-21-10-20(11-26(27,28)29)37-23(21)31-16-30-22/h10,16-19H,4-9,11-15H2,1-3H3/t18-,19+/m1/s1. The molecule has 0 aromatic carbocycles. The number of carbonyl (C=O) groups is 1. The van der Waals surface area contributed by atoms with Crippen molar-refractivity contribution in [2.75, 3.05) is 50.7 Å². The molecule has 0 N–H and O–H groups in total. The van der Waals surface area contributed by atoms with Gasteiger partial charge in [-0.25, -0.2) is 14.8 Å². The summed E-state index contributed by atoms with van der Waals surface area (Å²) in [6.45, 7) is 12.1. The number of nitrogens with zero attached hydrogens (tertiary/aromatic N) is 5. The second-order valence-electron chi connectivity index (χ2n) is 11.8. The van der Waals surface area contributed by atoms with Crippen molar-refractivity contribution in [3.8, 4) is 0 Å². The number of amides is 1. The van der Waals surface area contributed by atoms with Gasteiger partial charge in [0.05, 0.1) is 11.8 Å². The maximum absolute atomic E-state index is 12.9. The normalized spacial score (nSPS) is 24.1. The van der Waals surface area contributed by atoms with Crippen LogP contribution in [0.1, 0.15) is 44.9 Å². The average molecular weight is 540 g/mol. The van der Waals surface area contributed by atoms with Crippen LogP contribution in [-0.2, 0) is 11.2 Å². The molecular weight excluding hydrogens is 503 g/mol. The highest BCUT2D eigenvalue weighted by molar-refractivity contribution is 7.18. The van der Waals surface area contributed by atoms with Gasteiger partial charge in [0.1, 0.15) is 22.6 Å². The van der Waals surface area contributed by atoms with E-state index in [0.717, 1.165) is 87.6 Å². The quantitative estimate of drug-likeness (QED) is 0.532. The molecule has 204 valence electrons. The Hall–Kier alpha value is -2.14. The molecule has 0 radical (unpaired) electrons. The fourth-order valence-corrected chi connectivity index (χ4v) is 7.02. The molecule has 7 nitrogen and oxygen atoms in total. The maximum Gasteiger partial charge on any atom is 0.410 e. The number of anilines is 1. The van der Waals surface area contributed by atoms with Crippen molar-refractivity contribution < 1.29 is 22.7 Å². The van der Waals surface area contributed by atoms with Crippen LogP contribution in [0.5, 0.6) is 0 Å². The molecule has 3 fully saturated rings. The lowest BCUT2D eigenvalue weighted by atomic mass is 9.87. The SMILES string of the molecule is CC(C)(C)OC(=O)N1CCC(CN2CC[C@@H]3CN(c4ncnc5sc(CC(F)(F)F)cc45)C[C@@H]3C2)CC1. The van der Waals surface area contributed by atoms with Gasteiger partial charge in [0.2, 0.25) is 0 Å². The minimum atomic E-state index is -4.23. The lowest BCUT2D eigenvalue weighted by Gasteiger charge is -2.39. The fraction of sp³-hybridized carbons (Fsp3) is 0.731. The topological polar surface area (TPSA) is 61.8 Å². The van der Waals surface area contributed by atoms with Gasteiger partial charge in [-0.1, -0.05) is 0 Å². The number of halogens is 3. The zero-order valence-corrected chi connectivity index (χ0v) is 22.6. The summed E-state index contributed by atoms with van der Waals surface area (Å²) >= 11 is 1.11. The van der Waals surface area contributed by atoms with Gasteiger partial charge in [0.25, 0.3) is 0 Å². The number of likely N-dealkylation sites (tertiary alicyclic amines) is 2. The molecule has 0 bridgehead atoms. The predicted molar refractivity (Wildman–Crippen MR) is 138 cm³/mol. The Morgan fingerprint density at radius 2 is 1.78 bits per heavy atom. The Labute approximate surface area is 220 Å². The summed E-state index contributed by atoms with van der Waals surface area (Å²) < 4.78 is 44.3. The van der Waals surface area contributed by atoms with Crippen LogP contribution >= 0.6 is 11.3 Å². The molecule has 3 aliphatic heterocycles. The van der Waals surface area contributed by atoms with Crippen LogP contribution in [0.3, 0.4) is 0 Å². The molecule has 1 amide bonds. The molecular formula is C26H36F3N5O2S. The highest BCUT2D eigenvalue weighted by Gasteiger charge is 2.39. The third-order valence-electron chi connectivity index (χ3n) is 7.70. The van der Waals surface area contributed by atoms with E-state index in [-0.39, 0.29) is 11.0 Å². The number of piperidine rings is 2. The third kappa shape index (κ3) is 6.47. The monoisotopic (exact) mass is 539 g/mol. The molecule has 5 heterocycles. The zero-order valence-electron chi connectivity index (χ0n) is 21.8. The zero-order chi connectivity index (χ0) is 26.4. The molecule has 2 aromatic heterocycles. The summed E-state index contributed by atoms with van der Waals surface area (Å²) in [7, 11) is 0. The van der Waals surface area contributed by atoms with E-state index in [0.29, 0.717) is 22.6 Å². The molecule has 11 heteroatoms. The van der Waals surface area contributed by atoms with Crippen LogP contribution in [0.2, 0.25) is 0 Å². The van der Waals surface area contributed by atoms with Gasteiger partial charge >= 0.3 is 12.3 Å². The van der Waals surface area contributed by atoms with Crippen LogP contribution in [0.4, 0.5) is 23.8 Å². The fourth-order valence-electron chi connectivity index (χ4n) is 6.00. The van der Waals surface area contributed by atoms with Crippen molar-refractivity contribution in [1.82, 2.24) is 19.8 Å². The van der Waals surface area contributed by atoms with Gasteiger partial charge in [-0.15, -0.1) is 11.3 Å². The first-order valence-corrected chi connectivity index (χ1v) is 14.0. The van der Waals surface area contributed by atoms with Crippen molar-refractivity contribution in [2.24, 2.45) is 17.8 Å². The van der Waals surface area contributed by atoms with Crippen molar-refractivity contribution in [3.63, 3.8) is 0 Å². The van der Waals surface area contributed by atoms with Crippen molar-refractivity contribution in [1.29, 1.82) is 0 Å². The summed E-state index contributed by atoms with van der Waals surface area (Å²) in [4.78, 5) is 28.7. The number of hydrogen-bond acceptors (Lipinski definition) is 7. The van der Waals surface area contributed by atoms with Gasteiger partial charge in [0, 0.05) is 44.1 Å². The Morgan fingerprint density at radius 1 is 1.05 bits per heavy atom. The van der Waals surface area contributed by atoms with Crippen LogP contribution in [0, 0.1) is 17.8 Å². The summed E-state index contributed by atoms with van der Waals surface area (Å²) in [6.07, 6.45) is -0.788. The lowest BCUT2D eigenvalue weighted by Crippen LogP contribution is -2.46.